The molecular weight excluding hydrogens is 262 g/mol. The van der Waals surface area contributed by atoms with Crippen molar-refractivity contribution < 1.29 is 9.90 Å². The highest BCUT2D eigenvalue weighted by Gasteiger charge is 2.12. The predicted octanol–water partition coefficient (Wildman–Crippen LogP) is 2.07. The number of carboxylic acid groups (broad SMARTS) is 1. The molecule has 1 aromatic carbocycles. The van der Waals surface area contributed by atoms with Crippen molar-refractivity contribution in [2.75, 3.05) is 5.75 Å². The van der Waals surface area contributed by atoms with E-state index in [-0.39, 0.29) is 5.75 Å². The molecule has 1 heterocycles. The number of aryl methyl sites for hydroxylation is 1. The summed E-state index contributed by atoms with van der Waals surface area (Å²) in [5.74, 6) is 0.0189. The second-order valence-electron chi connectivity index (χ2n) is 4.01. The van der Waals surface area contributed by atoms with E-state index >= 15 is 0 Å². The van der Waals surface area contributed by atoms with Gasteiger partial charge in [0.15, 0.2) is 5.16 Å². The number of benzene rings is 1. The van der Waals surface area contributed by atoms with E-state index in [9.17, 15) is 4.79 Å². The van der Waals surface area contributed by atoms with Crippen LogP contribution in [0.4, 0.5) is 0 Å². The third-order valence-corrected chi connectivity index (χ3v) is 3.57. The molecule has 0 spiro atoms. The maximum Gasteiger partial charge on any atom is 0.313 e. The van der Waals surface area contributed by atoms with Crippen molar-refractivity contribution in [2.45, 2.75) is 25.0 Å². The van der Waals surface area contributed by atoms with Gasteiger partial charge in [-0.2, -0.15) is 0 Å². The average molecular weight is 277 g/mol. The van der Waals surface area contributed by atoms with Crippen LogP contribution in [0.5, 0.6) is 0 Å². The average Bonchev–Trinajstić information content (AvgIpc) is 2.80. The third kappa shape index (κ3) is 3.57. The normalized spacial score (nSPS) is 10.6. The Balaban J connectivity index is 2.21. The minimum atomic E-state index is -0.850. The summed E-state index contributed by atoms with van der Waals surface area (Å²) in [4.78, 5) is 10.6. The zero-order chi connectivity index (χ0) is 13.7. The molecule has 0 bridgehead atoms. The van der Waals surface area contributed by atoms with Crippen LogP contribution in [0, 0.1) is 0 Å². The van der Waals surface area contributed by atoms with Crippen LogP contribution in [0.1, 0.15) is 18.3 Å². The van der Waals surface area contributed by atoms with Crippen molar-refractivity contribution in [3.63, 3.8) is 0 Å². The fourth-order valence-corrected chi connectivity index (χ4v) is 2.42. The maximum absolute atomic E-state index is 10.6. The summed E-state index contributed by atoms with van der Waals surface area (Å²) in [7, 11) is 0. The van der Waals surface area contributed by atoms with Crippen LogP contribution in [0.2, 0.25) is 0 Å². The lowest BCUT2D eigenvalue weighted by molar-refractivity contribution is -0.133. The molecule has 2 aromatic rings. The van der Waals surface area contributed by atoms with E-state index in [1.165, 1.54) is 11.8 Å². The Morgan fingerprint density at radius 2 is 2.05 bits per heavy atom. The highest BCUT2D eigenvalue weighted by molar-refractivity contribution is 7.99. The van der Waals surface area contributed by atoms with Gasteiger partial charge in [-0.05, 0) is 5.56 Å². The monoisotopic (exact) mass is 277 g/mol. The highest BCUT2D eigenvalue weighted by Crippen LogP contribution is 2.18. The van der Waals surface area contributed by atoms with Crippen molar-refractivity contribution >= 4 is 17.7 Å². The number of aromatic nitrogens is 3. The smallest absolute Gasteiger partial charge is 0.313 e. The SMILES string of the molecule is CCc1nnc(SCC(=O)O)n1Cc1ccccc1. The van der Waals surface area contributed by atoms with Gasteiger partial charge in [-0.25, -0.2) is 0 Å². The molecule has 6 heteroatoms. The standard InChI is InChI=1S/C13H15N3O2S/c1-2-11-14-15-13(19-9-12(17)18)16(11)8-10-6-4-3-5-7-10/h3-7H,2,8-9H2,1H3,(H,17,18). The van der Waals surface area contributed by atoms with E-state index < -0.39 is 5.97 Å². The van der Waals surface area contributed by atoms with Crippen LogP contribution in [0.25, 0.3) is 0 Å². The lowest BCUT2D eigenvalue weighted by atomic mass is 10.2. The number of aliphatic carboxylic acids is 1. The molecule has 0 saturated carbocycles. The molecule has 5 nitrogen and oxygen atoms in total. The molecule has 1 aromatic heterocycles. The maximum atomic E-state index is 10.6. The van der Waals surface area contributed by atoms with Gasteiger partial charge < -0.3 is 9.67 Å². The van der Waals surface area contributed by atoms with Crippen LogP contribution < -0.4 is 0 Å². The molecule has 0 aliphatic carbocycles. The van der Waals surface area contributed by atoms with Crippen molar-refractivity contribution in [3.05, 3.63) is 41.7 Å². The number of nitrogens with zero attached hydrogens (tertiary/aromatic N) is 3. The minimum absolute atomic E-state index is 0.00334. The van der Waals surface area contributed by atoms with Crippen LogP contribution >= 0.6 is 11.8 Å². The number of rotatable bonds is 6. The largest absolute Gasteiger partial charge is 0.481 e. The number of carboxylic acids is 1. The van der Waals surface area contributed by atoms with E-state index in [2.05, 4.69) is 10.2 Å². The van der Waals surface area contributed by atoms with Gasteiger partial charge in [0, 0.05) is 6.42 Å². The number of thioether (sulfide) groups is 1. The van der Waals surface area contributed by atoms with Crippen LogP contribution in [-0.4, -0.2) is 31.6 Å². The zero-order valence-corrected chi connectivity index (χ0v) is 11.4. The van der Waals surface area contributed by atoms with Crippen molar-refractivity contribution in [1.82, 2.24) is 14.8 Å². The summed E-state index contributed by atoms with van der Waals surface area (Å²) in [5.41, 5.74) is 1.15. The molecule has 0 amide bonds. The second kappa shape index (κ2) is 6.38. The summed E-state index contributed by atoms with van der Waals surface area (Å²) < 4.78 is 1.98. The lowest BCUT2D eigenvalue weighted by Crippen LogP contribution is -2.07. The second-order valence-corrected chi connectivity index (χ2v) is 4.95. The molecule has 1 N–H and O–H groups in total. The van der Waals surface area contributed by atoms with E-state index in [1.807, 2.05) is 41.8 Å². The van der Waals surface area contributed by atoms with Crippen molar-refractivity contribution in [3.8, 4) is 0 Å². The zero-order valence-electron chi connectivity index (χ0n) is 10.6. The summed E-state index contributed by atoms with van der Waals surface area (Å²) >= 11 is 1.20. The molecule has 0 radical (unpaired) electrons. The Kier molecular flexibility index (Phi) is 4.57. The first-order valence-electron chi connectivity index (χ1n) is 6.01. The molecule has 2 rings (SSSR count). The topological polar surface area (TPSA) is 68.0 Å². The highest BCUT2D eigenvalue weighted by atomic mass is 32.2. The molecular formula is C13H15N3O2S. The van der Waals surface area contributed by atoms with Gasteiger partial charge in [-0.1, -0.05) is 49.0 Å². The molecule has 0 atom stereocenters. The van der Waals surface area contributed by atoms with E-state index in [0.717, 1.165) is 17.8 Å². The molecule has 0 aliphatic rings. The Bertz CT molecular complexity index is 554. The third-order valence-electron chi connectivity index (χ3n) is 2.62. The molecule has 0 saturated heterocycles. The molecule has 0 aliphatic heterocycles. The van der Waals surface area contributed by atoms with Crippen LogP contribution in [0.3, 0.4) is 0 Å². The van der Waals surface area contributed by atoms with E-state index in [0.29, 0.717) is 11.7 Å². The number of carbonyl (C=O) groups is 1. The quantitative estimate of drug-likeness (QED) is 0.819. The van der Waals surface area contributed by atoms with Gasteiger partial charge in [0.25, 0.3) is 0 Å². The summed E-state index contributed by atoms with van der Waals surface area (Å²) in [5, 5.41) is 17.6. The fraction of sp³-hybridized carbons (Fsp3) is 0.308. The molecule has 100 valence electrons. The van der Waals surface area contributed by atoms with Gasteiger partial charge in [-0.3, -0.25) is 4.79 Å². The lowest BCUT2D eigenvalue weighted by Gasteiger charge is -2.08. The minimum Gasteiger partial charge on any atom is -0.481 e. The summed E-state index contributed by atoms with van der Waals surface area (Å²) in [6, 6.07) is 10.00. The number of hydrogen-bond acceptors (Lipinski definition) is 4. The summed E-state index contributed by atoms with van der Waals surface area (Å²) in [6.07, 6.45) is 0.771. The first-order valence-corrected chi connectivity index (χ1v) is 7.00. The Hall–Kier alpha value is -1.82. The Morgan fingerprint density at radius 1 is 1.32 bits per heavy atom. The molecule has 19 heavy (non-hydrogen) atoms. The Labute approximate surface area is 115 Å². The fourth-order valence-electron chi connectivity index (χ4n) is 1.74. The molecule has 0 unspecified atom stereocenters. The van der Waals surface area contributed by atoms with Gasteiger partial charge in [0.2, 0.25) is 0 Å². The van der Waals surface area contributed by atoms with Crippen LogP contribution in [-0.2, 0) is 17.8 Å². The first kappa shape index (κ1) is 13.6. The van der Waals surface area contributed by atoms with Gasteiger partial charge >= 0.3 is 5.97 Å². The Morgan fingerprint density at radius 3 is 2.68 bits per heavy atom. The van der Waals surface area contributed by atoms with E-state index in [1.54, 1.807) is 0 Å². The van der Waals surface area contributed by atoms with Gasteiger partial charge in [0.05, 0.1) is 12.3 Å². The van der Waals surface area contributed by atoms with Gasteiger partial charge in [0.1, 0.15) is 5.82 Å². The van der Waals surface area contributed by atoms with Crippen molar-refractivity contribution in [2.24, 2.45) is 0 Å². The molecule has 0 fully saturated rings. The summed E-state index contributed by atoms with van der Waals surface area (Å²) in [6.45, 7) is 2.68. The predicted molar refractivity (Wildman–Crippen MR) is 73.3 cm³/mol. The number of hydrogen-bond donors (Lipinski definition) is 1. The van der Waals surface area contributed by atoms with E-state index in [4.69, 9.17) is 5.11 Å². The van der Waals surface area contributed by atoms with Gasteiger partial charge in [-0.15, -0.1) is 10.2 Å². The van der Waals surface area contributed by atoms with Crippen molar-refractivity contribution in [1.29, 1.82) is 0 Å². The van der Waals surface area contributed by atoms with Crippen LogP contribution in [0.15, 0.2) is 35.5 Å². The first-order chi connectivity index (χ1) is 9.20.